The van der Waals surface area contributed by atoms with Gasteiger partial charge in [-0.3, -0.25) is 0 Å². The first-order chi connectivity index (χ1) is 6.22. The molecule has 0 aliphatic heterocycles. The van der Waals surface area contributed by atoms with Gasteiger partial charge < -0.3 is 16.8 Å². The first-order valence-electron chi connectivity index (χ1n) is 4.48. The van der Waals surface area contributed by atoms with Crippen molar-refractivity contribution in [2.24, 2.45) is 11.5 Å². The van der Waals surface area contributed by atoms with E-state index in [2.05, 4.69) is 24.4 Å². The lowest BCUT2D eigenvalue weighted by molar-refractivity contribution is 0.713. The number of hydrogen-bond acceptors (Lipinski definition) is 3. The van der Waals surface area contributed by atoms with Crippen molar-refractivity contribution in [2.45, 2.75) is 13.0 Å². The fourth-order valence-electron chi connectivity index (χ4n) is 1.00. The average molecular weight is 179 g/mol. The fraction of sp³-hybridized carbons (Fsp3) is 0.400. The van der Waals surface area contributed by atoms with Gasteiger partial charge in [-0.05, 0) is 19.1 Å². The van der Waals surface area contributed by atoms with E-state index in [0.29, 0.717) is 6.54 Å². The topological polar surface area (TPSA) is 64.1 Å². The van der Waals surface area contributed by atoms with Gasteiger partial charge in [0.1, 0.15) is 0 Å². The van der Waals surface area contributed by atoms with Gasteiger partial charge in [-0.2, -0.15) is 0 Å². The highest BCUT2D eigenvalue weighted by Gasteiger charge is 1.97. The van der Waals surface area contributed by atoms with Gasteiger partial charge in [0.25, 0.3) is 0 Å². The van der Waals surface area contributed by atoms with Crippen molar-refractivity contribution in [3.63, 3.8) is 0 Å². The number of benzene rings is 1. The summed E-state index contributed by atoms with van der Waals surface area (Å²) >= 11 is 0. The van der Waals surface area contributed by atoms with Gasteiger partial charge in [0, 0.05) is 24.8 Å². The summed E-state index contributed by atoms with van der Waals surface area (Å²) in [4.78, 5) is 0. The second-order valence-electron chi connectivity index (χ2n) is 3.24. The Balaban J connectivity index is 2.41. The van der Waals surface area contributed by atoms with E-state index in [1.165, 1.54) is 5.56 Å². The summed E-state index contributed by atoms with van der Waals surface area (Å²) in [5.41, 5.74) is 13.4. The van der Waals surface area contributed by atoms with Crippen LogP contribution in [0.25, 0.3) is 0 Å². The van der Waals surface area contributed by atoms with Crippen molar-refractivity contribution in [3.05, 3.63) is 29.8 Å². The molecular formula is C10H17N3. The van der Waals surface area contributed by atoms with Crippen molar-refractivity contribution < 1.29 is 0 Å². The quantitative estimate of drug-likeness (QED) is 0.637. The van der Waals surface area contributed by atoms with Crippen LogP contribution < -0.4 is 16.8 Å². The molecule has 0 saturated heterocycles. The van der Waals surface area contributed by atoms with Gasteiger partial charge in [-0.15, -0.1) is 0 Å². The number of anilines is 1. The molecule has 5 N–H and O–H groups in total. The van der Waals surface area contributed by atoms with E-state index in [0.717, 1.165) is 12.2 Å². The van der Waals surface area contributed by atoms with Crippen LogP contribution >= 0.6 is 0 Å². The van der Waals surface area contributed by atoms with Gasteiger partial charge in [0.15, 0.2) is 0 Å². The Bertz CT molecular complexity index is 243. The number of rotatable bonds is 4. The first kappa shape index (κ1) is 10.0. The van der Waals surface area contributed by atoms with Crippen molar-refractivity contribution >= 4 is 5.69 Å². The molecule has 13 heavy (non-hydrogen) atoms. The van der Waals surface area contributed by atoms with E-state index in [4.69, 9.17) is 11.5 Å². The Kier molecular flexibility index (Phi) is 3.73. The molecule has 0 aliphatic rings. The third-order valence-electron chi connectivity index (χ3n) is 1.92. The molecule has 1 rings (SSSR count). The number of aryl methyl sites for hydroxylation is 1. The monoisotopic (exact) mass is 179 g/mol. The molecule has 72 valence electrons. The van der Waals surface area contributed by atoms with Crippen LogP contribution in [0.1, 0.15) is 5.56 Å². The van der Waals surface area contributed by atoms with Gasteiger partial charge in [-0.25, -0.2) is 0 Å². The standard InChI is InChI=1S/C10H17N3/c1-8-2-4-10(5-3-8)13-7-9(12)6-11/h2-5,9,13H,6-7,11-12H2,1H3. The van der Waals surface area contributed by atoms with E-state index in [-0.39, 0.29) is 6.04 Å². The van der Waals surface area contributed by atoms with Crippen molar-refractivity contribution in [1.82, 2.24) is 0 Å². The molecule has 0 radical (unpaired) electrons. The smallest absolute Gasteiger partial charge is 0.0340 e. The lowest BCUT2D eigenvalue weighted by Crippen LogP contribution is -2.36. The summed E-state index contributed by atoms with van der Waals surface area (Å²) in [5.74, 6) is 0. The van der Waals surface area contributed by atoms with Crippen molar-refractivity contribution in [2.75, 3.05) is 18.4 Å². The molecule has 0 heterocycles. The maximum absolute atomic E-state index is 5.66. The summed E-state index contributed by atoms with van der Waals surface area (Å²) in [5, 5.41) is 3.22. The molecule has 0 aliphatic carbocycles. The Morgan fingerprint density at radius 3 is 2.46 bits per heavy atom. The summed E-state index contributed by atoms with van der Waals surface area (Å²) < 4.78 is 0. The zero-order valence-corrected chi connectivity index (χ0v) is 7.96. The SMILES string of the molecule is Cc1ccc(NCC(N)CN)cc1. The van der Waals surface area contributed by atoms with E-state index in [9.17, 15) is 0 Å². The Morgan fingerprint density at radius 1 is 1.31 bits per heavy atom. The van der Waals surface area contributed by atoms with Gasteiger partial charge in [0.2, 0.25) is 0 Å². The minimum Gasteiger partial charge on any atom is -0.383 e. The largest absolute Gasteiger partial charge is 0.383 e. The summed E-state index contributed by atoms with van der Waals surface area (Å²) in [6.07, 6.45) is 0. The minimum atomic E-state index is 0.0290. The first-order valence-corrected chi connectivity index (χ1v) is 4.48. The molecule has 3 heteroatoms. The van der Waals surface area contributed by atoms with Gasteiger partial charge >= 0.3 is 0 Å². The molecule has 0 bridgehead atoms. The normalized spacial score (nSPS) is 12.5. The van der Waals surface area contributed by atoms with Gasteiger partial charge in [0.05, 0.1) is 0 Å². The molecule has 3 nitrogen and oxygen atoms in total. The highest BCUT2D eigenvalue weighted by atomic mass is 14.9. The zero-order valence-electron chi connectivity index (χ0n) is 7.96. The summed E-state index contributed by atoms with van der Waals surface area (Å²) in [6, 6.07) is 8.24. The molecule has 1 unspecified atom stereocenters. The van der Waals surface area contributed by atoms with E-state index >= 15 is 0 Å². The number of nitrogens with two attached hydrogens (primary N) is 2. The Labute approximate surface area is 79.1 Å². The van der Waals surface area contributed by atoms with Crippen LogP contribution in [0.15, 0.2) is 24.3 Å². The molecule has 1 atom stereocenters. The molecular weight excluding hydrogens is 162 g/mol. The third kappa shape index (κ3) is 3.44. The Hall–Kier alpha value is -1.06. The molecule has 0 aromatic heterocycles. The number of hydrogen-bond donors (Lipinski definition) is 3. The van der Waals surface area contributed by atoms with E-state index in [1.807, 2.05) is 12.1 Å². The Morgan fingerprint density at radius 2 is 1.92 bits per heavy atom. The predicted molar refractivity (Wildman–Crippen MR) is 56.7 cm³/mol. The summed E-state index contributed by atoms with van der Waals surface area (Å²) in [7, 11) is 0. The maximum Gasteiger partial charge on any atom is 0.0340 e. The fourth-order valence-corrected chi connectivity index (χ4v) is 1.00. The molecule has 0 spiro atoms. The van der Waals surface area contributed by atoms with Crippen LogP contribution in [-0.2, 0) is 0 Å². The molecule has 1 aromatic rings. The van der Waals surface area contributed by atoms with Crippen molar-refractivity contribution in [1.29, 1.82) is 0 Å². The van der Waals surface area contributed by atoms with E-state index < -0.39 is 0 Å². The molecule has 1 aromatic carbocycles. The predicted octanol–water partition coefficient (Wildman–Crippen LogP) is 0.693. The molecule has 0 fully saturated rings. The van der Waals surface area contributed by atoms with Crippen molar-refractivity contribution in [3.8, 4) is 0 Å². The highest BCUT2D eigenvalue weighted by molar-refractivity contribution is 5.44. The van der Waals surface area contributed by atoms with Gasteiger partial charge in [-0.1, -0.05) is 17.7 Å². The molecule has 0 amide bonds. The number of nitrogens with one attached hydrogen (secondary N) is 1. The second-order valence-corrected chi connectivity index (χ2v) is 3.24. The lowest BCUT2D eigenvalue weighted by Gasteiger charge is -2.11. The second kappa shape index (κ2) is 4.84. The van der Waals surface area contributed by atoms with Crippen LogP contribution in [0.4, 0.5) is 5.69 Å². The van der Waals surface area contributed by atoms with Crippen LogP contribution in [0, 0.1) is 6.92 Å². The lowest BCUT2D eigenvalue weighted by atomic mass is 10.2. The van der Waals surface area contributed by atoms with E-state index in [1.54, 1.807) is 0 Å². The van der Waals surface area contributed by atoms with Crippen LogP contribution in [0.5, 0.6) is 0 Å². The summed E-state index contributed by atoms with van der Waals surface area (Å²) in [6.45, 7) is 3.30. The average Bonchev–Trinajstić information content (AvgIpc) is 2.16. The van der Waals surface area contributed by atoms with Crippen LogP contribution in [0.3, 0.4) is 0 Å². The molecule has 0 saturated carbocycles. The third-order valence-corrected chi connectivity index (χ3v) is 1.92. The zero-order chi connectivity index (χ0) is 9.68. The maximum atomic E-state index is 5.66. The minimum absolute atomic E-state index is 0.0290. The van der Waals surface area contributed by atoms with Crippen LogP contribution in [0.2, 0.25) is 0 Å². The van der Waals surface area contributed by atoms with Crippen LogP contribution in [-0.4, -0.2) is 19.1 Å². The highest BCUT2D eigenvalue weighted by Crippen LogP contribution is 2.07.